The van der Waals surface area contributed by atoms with E-state index >= 15 is 4.39 Å². The third kappa shape index (κ3) is 7.53. The lowest BCUT2D eigenvalue weighted by Crippen LogP contribution is -2.41. The smallest absolute Gasteiger partial charge is 0.231 e. The summed E-state index contributed by atoms with van der Waals surface area (Å²) < 4.78 is 15.2. The van der Waals surface area contributed by atoms with Gasteiger partial charge in [0.15, 0.2) is 5.82 Å². The molecule has 1 unspecified atom stereocenters. The highest BCUT2D eigenvalue weighted by atomic mass is 35.5. The average molecular weight is 631 g/mol. The maximum atomic E-state index is 15.2. The summed E-state index contributed by atoms with van der Waals surface area (Å²) in [5.41, 5.74) is 10.3. The Kier molecular flexibility index (Phi) is 9.75. The van der Waals surface area contributed by atoms with E-state index in [-0.39, 0.29) is 17.1 Å². The summed E-state index contributed by atoms with van der Waals surface area (Å²) in [6.45, 7) is 2.78. The third-order valence-electron chi connectivity index (χ3n) is 8.52. The van der Waals surface area contributed by atoms with Gasteiger partial charge in [-0.15, -0.1) is 0 Å². The highest BCUT2D eigenvalue weighted by Crippen LogP contribution is 2.30. The molecule has 9 nitrogen and oxygen atoms in total. The number of nitrogens with two attached hydrogens (primary N) is 1. The van der Waals surface area contributed by atoms with E-state index in [0.717, 1.165) is 68.0 Å². The van der Waals surface area contributed by atoms with Gasteiger partial charge in [-0.25, -0.2) is 19.4 Å². The van der Waals surface area contributed by atoms with Crippen molar-refractivity contribution < 1.29 is 9.50 Å². The zero-order chi connectivity index (χ0) is 31.3. The molecule has 4 heterocycles. The van der Waals surface area contributed by atoms with Crippen molar-refractivity contribution in [1.82, 2.24) is 20.3 Å². The number of aryl methyl sites for hydroxylation is 1. The molecule has 0 saturated carbocycles. The number of nitrogens with zero attached hydrogens (tertiary/aromatic N) is 4. The number of hydrogen-bond donors (Lipinski definition) is 5. The number of aromatic nitrogens is 3. The maximum absolute atomic E-state index is 15.2. The topological polar surface area (TPSA) is 127 Å². The van der Waals surface area contributed by atoms with Crippen LogP contribution in [0.25, 0.3) is 17.5 Å². The molecule has 45 heavy (non-hydrogen) atoms. The fourth-order valence-corrected chi connectivity index (χ4v) is 6.41. The number of piperidine rings is 1. The number of fused-ring (bicyclic) bond motifs is 1. The van der Waals surface area contributed by atoms with Crippen LogP contribution in [-0.2, 0) is 6.42 Å². The molecule has 0 radical (unpaired) electrons. The van der Waals surface area contributed by atoms with Crippen LogP contribution in [0.4, 0.5) is 16.0 Å². The van der Waals surface area contributed by atoms with E-state index in [1.165, 1.54) is 5.56 Å². The minimum Gasteiger partial charge on any atom is -0.355 e. The number of benzene rings is 2. The van der Waals surface area contributed by atoms with Gasteiger partial charge in [-0.05, 0) is 93.0 Å². The summed E-state index contributed by atoms with van der Waals surface area (Å²) >= 11 is 6.28. The van der Waals surface area contributed by atoms with Crippen molar-refractivity contribution in [2.75, 3.05) is 16.8 Å². The number of aliphatic hydroxyl groups excluding tert-OH is 1. The summed E-state index contributed by atoms with van der Waals surface area (Å²) in [5, 5.41) is 18.9. The number of nitrogens with one attached hydrogen (secondary N) is 3. The zero-order valence-corrected chi connectivity index (χ0v) is 26.1. The SMILES string of the molecule is C[C@H](N)CCCc1cc(Cl)c(F)c(-c2cc3c([nH]2)=NC(O)N(c2ccc([C@H]4CCC[C@H](CCNc5ncccn5)N4)cc2)C=3)c1. The molecule has 2 aliphatic heterocycles. The van der Waals surface area contributed by atoms with Crippen molar-refractivity contribution in [3.63, 3.8) is 0 Å². The van der Waals surface area contributed by atoms with Gasteiger partial charge >= 0.3 is 0 Å². The second-order valence-corrected chi connectivity index (χ2v) is 12.4. The lowest BCUT2D eigenvalue weighted by atomic mass is 9.92. The van der Waals surface area contributed by atoms with Crippen LogP contribution >= 0.6 is 11.6 Å². The van der Waals surface area contributed by atoms with E-state index < -0.39 is 12.2 Å². The van der Waals surface area contributed by atoms with Gasteiger partial charge in [0.1, 0.15) is 5.49 Å². The lowest BCUT2D eigenvalue weighted by Gasteiger charge is -2.32. The Bertz CT molecular complexity index is 1710. The second kappa shape index (κ2) is 14.1. The Morgan fingerprint density at radius 1 is 1.16 bits per heavy atom. The van der Waals surface area contributed by atoms with Crippen molar-refractivity contribution in [1.29, 1.82) is 0 Å². The van der Waals surface area contributed by atoms with Gasteiger partial charge < -0.3 is 31.4 Å². The van der Waals surface area contributed by atoms with Crippen LogP contribution in [0.5, 0.6) is 0 Å². The molecule has 4 aromatic rings. The molecule has 6 N–H and O–H groups in total. The summed E-state index contributed by atoms with van der Waals surface area (Å²) in [5.74, 6) is 0.167. The number of halogens is 2. The number of hydrogen-bond acceptors (Lipinski definition) is 8. The lowest BCUT2D eigenvalue weighted by molar-refractivity contribution is 0.186. The summed E-state index contributed by atoms with van der Waals surface area (Å²) in [6, 6.07) is 16.2. The largest absolute Gasteiger partial charge is 0.355 e. The van der Waals surface area contributed by atoms with Crippen molar-refractivity contribution in [2.45, 2.75) is 76.3 Å². The van der Waals surface area contributed by atoms with Gasteiger partial charge in [0, 0.05) is 59.7 Å². The molecule has 0 bridgehead atoms. The molecule has 1 fully saturated rings. The van der Waals surface area contributed by atoms with Crippen molar-refractivity contribution >= 4 is 29.4 Å². The normalized spacial score (nSPS) is 20.2. The van der Waals surface area contributed by atoms with Crippen LogP contribution in [0, 0.1) is 5.82 Å². The van der Waals surface area contributed by atoms with Gasteiger partial charge in [0.25, 0.3) is 0 Å². The van der Waals surface area contributed by atoms with Gasteiger partial charge in [-0.1, -0.05) is 30.2 Å². The molecule has 0 amide bonds. The third-order valence-corrected chi connectivity index (χ3v) is 8.79. The van der Waals surface area contributed by atoms with E-state index in [9.17, 15) is 5.11 Å². The minimum atomic E-state index is -1.12. The van der Waals surface area contributed by atoms with E-state index in [1.807, 2.05) is 43.5 Å². The molecule has 2 aliphatic rings. The van der Waals surface area contributed by atoms with Gasteiger partial charge in [0.05, 0.1) is 10.7 Å². The monoisotopic (exact) mass is 630 g/mol. The Morgan fingerprint density at radius 3 is 2.73 bits per heavy atom. The molecule has 0 spiro atoms. The Labute approximate surface area is 267 Å². The highest BCUT2D eigenvalue weighted by molar-refractivity contribution is 6.31. The molecule has 1 saturated heterocycles. The number of anilines is 2. The predicted molar refractivity (Wildman–Crippen MR) is 177 cm³/mol. The summed E-state index contributed by atoms with van der Waals surface area (Å²) in [6.07, 6.45) is 11.1. The van der Waals surface area contributed by atoms with E-state index in [1.54, 1.807) is 23.4 Å². The number of aromatic amines is 1. The predicted octanol–water partition coefficient (Wildman–Crippen LogP) is 4.77. The number of rotatable bonds is 11. The van der Waals surface area contributed by atoms with Crippen LogP contribution < -0.4 is 32.0 Å². The highest BCUT2D eigenvalue weighted by Gasteiger charge is 2.24. The maximum Gasteiger partial charge on any atom is 0.231 e. The fourth-order valence-electron chi connectivity index (χ4n) is 6.16. The first-order valence-electron chi connectivity index (χ1n) is 15.7. The molecule has 2 aromatic carbocycles. The van der Waals surface area contributed by atoms with Crippen LogP contribution in [0.3, 0.4) is 0 Å². The second-order valence-electron chi connectivity index (χ2n) is 12.0. The molecule has 0 aliphatic carbocycles. The average Bonchev–Trinajstić information content (AvgIpc) is 3.45. The summed E-state index contributed by atoms with van der Waals surface area (Å²) in [7, 11) is 0. The van der Waals surface area contributed by atoms with Gasteiger partial charge in [0.2, 0.25) is 12.3 Å². The molecule has 236 valence electrons. The minimum absolute atomic E-state index is 0.0794. The van der Waals surface area contributed by atoms with Gasteiger partial charge in [-0.2, -0.15) is 0 Å². The van der Waals surface area contributed by atoms with Gasteiger partial charge in [-0.3, -0.25) is 0 Å². The van der Waals surface area contributed by atoms with Crippen LogP contribution in [0.2, 0.25) is 5.02 Å². The molecule has 4 atom stereocenters. The first-order valence-corrected chi connectivity index (χ1v) is 16.1. The fraction of sp³-hybridized carbons (Fsp3) is 0.382. The van der Waals surface area contributed by atoms with Crippen LogP contribution in [-0.4, -0.2) is 45.0 Å². The Hall–Kier alpha value is -3.83. The van der Waals surface area contributed by atoms with Crippen LogP contribution in [0.15, 0.2) is 65.9 Å². The van der Waals surface area contributed by atoms with Crippen molar-refractivity contribution in [2.24, 2.45) is 10.7 Å². The standard InChI is InChI=1S/C34H40ClFN8O/c1-21(37)5-2-6-22-17-27(31(36)28(35)18-22)30-19-24-20-44(34(45)43-32(24)42-30)26-11-9-23(10-12-26)29-8-3-7-25(41-29)13-16-40-33-38-14-4-15-39-33/h4,9-12,14-15,17-21,25,29,34,41,45H,2-3,5-8,13,16,37H2,1H3,(H,42,43)(H,38,39,40)/t21-,25+,29+,34?/m0/s1. The quantitative estimate of drug-likeness (QED) is 0.162. The summed E-state index contributed by atoms with van der Waals surface area (Å²) in [4.78, 5) is 17.8. The molecular weight excluding hydrogens is 591 g/mol. The van der Waals surface area contributed by atoms with Crippen molar-refractivity contribution in [3.05, 3.63) is 93.6 Å². The number of H-pyrrole nitrogens is 1. The Morgan fingerprint density at radius 2 is 1.96 bits per heavy atom. The van der Waals surface area contributed by atoms with Crippen LogP contribution in [0.1, 0.15) is 62.6 Å². The molecule has 2 aromatic heterocycles. The molecule has 11 heteroatoms. The first kappa shape index (κ1) is 31.2. The zero-order valence-electron chi connectivity index (χ0n) is 25.4. The molecular formula is C34H40ClFN8O. The van der Waals surface area contributed by atoms with Crippen molar-refractivity contribution in [3.8, 4) is 11.3 Å². The van der Waals surface area contributed by atoms with E-state index in [4.69, 9.17) is 17.3 Å². The Balaban J connectivity index is 1.14. The molecule has 6 rings (SSSR count). The van der Waals surface area contributed by atoms with E-state index in [0.29, 0.717) is 28.7 Å². The van der Waals surface area contributed by atoms with E-state index in [2.05, 4.69) is 42.7 Å². The first-order chi connectivity index (χ1) is 21.8. The number of aliphatic hydroxyl groups is 1.